The van der Waals surface area contributed by atoms with Gasteiger partial charge in [-0.15, -0.1) is 0 Å². The summed E-state index contributed by atoms with van der Waals surface area (Å²) in [6.45, 7) is 7.61. The lowest BCUT2D eigenvalue weighted by Crippen LogP contribution is -2.45. The zero-order valence-corrected chi connectivity index (χ0v) is 10.5. The molecule has 0 radical (unpaired) electrons. The Morgan fingerprint density at radius 3 is 2.40 bits per heavy atom. The van der Waals surface area contributed by atoms with Crippen molar-refractivity contribution in [2.75, 3.05) is 13.2 Å². The molecule has 0 fully saturated rings. The predicted octanol–water partition coefficient (Wildman–Crippen LogP) is 1.50. The maximum Gasteiger partial charge on any atom is 0.0431 e. The monoisotopic (exact) mass is 216 g/mol. The second-order valence-corrected chi connectivity index (χ2v) is 4.54. The van der Waals surface area contributed by atoms with E-state index in [-0.39, 0.29) is 6.61 Å². The molecule has 0 saturated carbocycles. The predicted molar refractivity (Wildman–Crippen MR) is 65.8 cm³/mol. The first-order valence-corrected chi connectivity index (χ1v) is 6.22. The topological polar surface area (TPSA) is 58.3 Å². The van der Waals surface area contributed by atoms with Gasteiger partial charge in [-0.1, -0.05) is 20.3 Å². The fraction of sp³-hybridized carbons (Fsp3) is 1.00. The van der Waals surface area contributed by atoms with Gasteiger partial charge in [-0.3, -0.25) is 0 Å². The third kappa shape index (κ3) is 6.88. The molecule has 0 saturated heterocycles. The van der Waals surface area contributed by atoms with Gasteiger partial charge in [0.05, 0.1) is 0 Å². The van der Waals surface area contributed by atoms with Crippen molar-refractivity contribution in [3.63, 3.8) is 0 Å². The van der Waals surface area contributed by atoms with Gasteiger partial charge in [-0.2, -0.15) is 0 Å². The number of aliphatic hydroxyl groups is 1. The SMILES string of the molecule is CCCC(C)C(CN)NC(C)CCCO. The van der Waals surface area contributed by atoms with Gasteiger partial charge in [0, 0.05) is 25.2 Å². The molecule has 0 aliphatic carbocycles. The Kier molecular flexibility index (Phi) is 9.06. The Morgan fingerprint density at radius 2 is 1.93 bits per heavy atom. The Bertz CT molecular complexity index is 142. The zero-order chi connectivity index (χ0) is 11.7. The Balaban J connectivity index is 3.85. The van der Waals surface area contributed by atoms with Crippen molar-refractivity contribution in [1.82, 2.24) is 5.32 Å². The van der Waals surface area contributed by atoms with Crippen molar-refractivity contribution in [1.29, 1.82) is 0 Å². The van der Waals surface area contributed by atoms with Crippen molar-refractivity contribution in [2.45, 2.75) is 58.5 Å². The van der Waals surface area contributed by atoms with Gasteiger partial charge in [0.25, 0.3) is 0 Å². The number of nitrogens with one attached hydrogen (secondary N) is 1. The normalized spacial score (nSPS) is 17.4. The third-order valence-electron chi connectivity index (χ3n) is 2.98. The highest BCUT2D eigenvalue weighted by Crippen LogP contribution is 2.11. The summed E-state index contributed by atoms with van der Waals surface area (Å²) in [4.78, 5) is 0. The molecule has 0 aliphatic rings. The smallest absolute Gasteiger partial charge is 0.0431 e. The lowest BCUT2D eigenvalue weighted by Gasteiger charge is -2.27. The summed E-state index contributed by atoms with van der Waals surface area (Å²) in [5.41, 5.74) is 5.77. The maximum atomic E-state index is 8.75. The van der Waals surface area contributed by atoms with E-state index in [1.54, 1.807) is 0 Å². The van der Waals surface area contributed by atoms with E-state index in [9.17, 15) is 0 Å². The van der Waals surface area contributed by atoms with Gasteiger partial charge >= 0.3 is 0 Å². The van der Waals surface area contributed by atoms with Crippen LogP contribution in [0.25, 0.3) is 0 Å². The van der Waals surface area contributed by atoms with Crippen LogP contribution in [0.2, 0.25) is 0 Å². The molecule has 0 spiro atoms. The summed E-state index contributed by atoms with van der Waals surface area (Å²) in [6.07, 6.45) is 4.32. The summed E-state index contributed by atoms with van der Waals surface area (Å²) < 4.78 is 0. The van der Waals surface area contributed by atoms with Crippen molar-refractivity contribution >= 4 is 0 Å². The van der Waals surface area contributed by atoms with Crippen molar-refractivity contribution < 1.29 is 5.11 Å². The highest BCUT2D eigenvalue weighted by molar-refractivity contribution is 4.77. The molecule has 3 heteroatoms. The van der Waals surface area contributed by atoms with Crippen molar-refractivity contribution in [3.8, 4) is 0 Å². The van der Waals surface area contributed by atoms with E-state index >= 15 is 0 Å². The van der Waals surface area contributed by atoms with Crippen LogP contribution in [0.4, 0.5) is 0 Å². The molecule has 4 N–H and O–H groups in total. The van der Waals surface area contributed by atoms with Crippen LogP contribution < -0.4 is 11.1 Å². The lowest BCUT2D eigenvalue weighted by molar-refractivity contribution is 0.265. The van der Waals surface area contributed by atoms with Crippen LogP contribution in [0.1, 0.15) is 46.5 Å². The average Bonchev–Trinajstić information content (AvgIpc) is 2.23. The van der Waals surface area contributed by atoms with Crippen molar-refractivity contribution in [2.24, 2.45) is 11.7 Å². The molecule has 0 aliphatic heterocycles. The number of nitrogens with two attached hydrogens (primary N) is 1. The summed E-state index contributed by atoms with van der Waals surface area (Å²) in [5, 5.41) is 12.3. The van der Waals surface area contributed by atoms with Crippen LogP contribution in [0.3, 0.4) is 0 Å². The molecule has 3 unspecified atom stereocenters. The van der Waals surface area contributed by atoms with Gasteiger partial charge < -0.3 is 16.2 Å². The molecule has 0 aromatic carbocycles. The second-order valence-electron chi connectivity index (χ2n) is 4.54. The molecule has 3 nitrogen and oxygen atoms in total. The third-order valence-corrected chi connectivity index (χ3v) is 2.98. The first kappa shape index (κ1) is 14.9. The molecule has 0 heterocycles. The summed E-state index contributed by atoms with van der Waals surface area (Å²) in [5.74, 6) is 0.636. The van der Waals surface area contributed by atoms with Crippen molar-refractivity contribution in [3.05, 3.63) is 0 Å². The van der Waals surface area contributed by atoms with E-state index in [0.717, 1.165) is 12.8 Å². The largest absolute Gasteiger partial charge is 0.396 e. The minimum absolute atomic E-state index is 0.282. The molecule has 0 amide bonds. The van der Waals surface area contributed by atoms with Gasteiger partial charge in [0.1, 0.15) is 0 Å². The van der Waals surface area contributed by atoms with Crippen LogP contribution in [0.5, 0.6) is 0 Å². The molecule has 0 aromatic heterocycles. The quantitative estimate of drug-likeness (QED) is 0.547. The fourth-order valence-electron chi connectivity index (χ4n) is 1.97. The molecule has 15 heavy (non-hydrogen) atoms. The Morgan fingerprint density at radius 1 is 1.27 bits per heavy atom. The summed E-state index contributed by atoms with van der Waals surface area (Å²) in [7, 11) is 0. The number of rotatable bonds is 9. The van der Waals surface area contributed by atoms with Crippen LogP contribution in [0.15, 0.2) is 0 Å². The molecular formula is C12H28N2O. The van der Waals surface area contributed by atoms with Gasteiger partial charge in [0.2, 0.25) is 0 Å². The number of hydrogen-bond donors (Lipinski definition) is 3. The van der Waals surface area contributed by atoms with E-state index in [2.05, 4.69) is 26.1 Å². The molecular weight excluding hydrogens is 188 g/mol. The first-order chi connectivity index (χ1) is 7.15. The number of hydrogen-bond acceptors (Lipinski definition) is 3. The maximum absolute atomic E-state index is 8.75. The average molecular weight is 216 g/mol. The van der Waals surface area contributed by atoms with E-state index in [4.69, 9.17) is 10.8 Å². The highest BCUT2D eigenvalue weighted by atomic mass is 16.2. The minimum Gasteiger partial charge on any atom is -0.396 e. The van der Waals surface area contributed by atoms with Gasteiger partial charge in [-0.05, 0) is 32.1 Å². The van der Waals surface area contributed by atoms with Crippen LogP contribution in [0, 0.1) is 5.92 Å². The van der Waals surface area contributed by atoms with E-state index < -0.39 is 0 Å². The molecule has 92 valence electrons. The van der Waals surface area contributed by atoms with Crippen LogP contribution in [-0.4, -0.2) is 30.3 Å². The summed E-state index contributed by atoms with van der Waals surface area (Å²) >= 11 is 0. The minimum atomic E-state index is 0.282. The number of aliphatic hydroxyl groups excluding tert-OH is 1. The molecule has 0 aromatic rings. The fourth-order valence-corrected chi connectivity index (χ4v) is 1.97. The van der Waals surface area contributed by atoms with Gasteiger partial charge in [0.15, 0.2) is 0 Å². The lowest BCUT2D eigenvalue weighted by atomic mass is 9.96. The van der Waals surface area contributed by atoms with Crippen LogP contribution >= 0.6 is 0 Å². The first-order valence-electron chi connectivity index (χ1n) is 6.22. The van der Waals surface area contributed by atoms with Crippen LogP contribution in [-0.2, 0) is 0 Å². The zero-order valence-electron chi connectivity index (χ0n) is 10.5. The standard InChI is InChI=1S/C12H28N2O/c1-4-6-10(2)12(9-13)14-11(3)7-5-8-15/h10-12,14-15H,4-9,13H2,1-3H3. The molecule has 3 atom stereocenters. The highest BCUT2D eigenvalue weighted by Gasteiger charge is 2.16. The summed E-state index contributed by atoms with van der Waals surface area (Å²) in [6, 6.07) is 0.864. The molecule has 0 bridgehead atoms. The Hall–Kier alpha value is -0.120. The second kappa shape index (κ2) is 9.13. The molecule has 0 rings (SSSR count). The Labute approximate surface area is 94.4 Å². The van der Waals surface area contributed by atoms with E-state index in [0.29, 0.717) is 24.5 Å². The van der Waals surface area contributed by atoms with Gasteiger partial charge in [-0.25, -0.2) is 0 Å². The van der Waals surface area contributed by atoms with E-state index in [1.807, 2.05) is 0 Å². The van der Waals surface area contributed by atoms with E-state index in [1.165, 1.54) is 12.8 Å².